The lowest BCUT2D eigenvalue weighted by Gasteiger charge is -2.33. The zero-order valence-electron chi connectivity index (χ0n) is 15.6. The second kappa shape index (κ2) is 7.65. The summed E-state index contributed by atoms with van der Waals surface area (Å²) in [4.78, 5) is 18.4. The zero-order valence-corrected chi connectivity index (χ0v) is 15.6. The Kier molecular flexibility index (Phi) is 5.19. The Morgan fingerprint density at radius 3 is 2.34 bits per heavy atom. The molecule has 1 saturated heterocycles. The fourth-order valence-corrected chi connectivity index (χ4v) is 3.87. The van der Waals surface area contributed by atoms with E-state index in [9.17, 15) is 22.4 Å². The summed E-state index contributed by atoms with van der Waals surface area (Å²) in [5.74, 6) is 0.318. The molecule has 2 fully saturated rings. The molecule has 2 atom stereocenters. The van der Waals surface area contributed by atoms with E-state index in [2.05, 4.69) is 10.3 Å². The number of aromatic nitrogens is 1. The van der Waals surface area contributed by atoms with Gasteiger partial charge in [-0.3, -0.25) is 4.79 Å². The molecule has 1 N–H and O–H groups in total. The van der Waals surface area contributed by atoms with Crippen LogP contribution in [-0.4, -0.2) is 30.0 Å². The fraction of sp³-hybridized carbons (Fsp3) is 0.429. The van der Waals surface area contributed by atoms with Crippen LogP contribution in [0.2, 0.25) is 0 Å². The normalized spacial score (nSPS) is 22.4. The minimum absolute atomic E-state index is 0.0189. The van der Waals surface area contributed by atoms with Gasteiger partial charge in [0.05, 0.1) is 5.56 Å². The zero-order chi connectivity index (χ0) is 20.6. The largest absolute Gasteiger partial charge is 0.417 e. The third-order valence-corrected chi connectivity index (χ3v) is 5.67. The summed E-state index contributed by atoms with van der Waals surface area (Å²) in [6.07, 6.45) is -1.35. The molecule has 1 aliphatic heterocycles. The summed E-state index contributed by atoms with van der Waals surface area (Å²) < 4.78 is 51.0. The highest BCUT2D eigenvalue weighted by molar-refractivity contribution is 5.83. The van der Waals surface area contributed by atoms with E-state index in [4.69, 9.17) is 0 Å². The first-order chi connectivity index (χ1) is 13.8. The van der Waals surface area contributed by atoms with E-state index in [-0.39, 0.29) is 29.6 Å². The number of benzene rings is 1. The molecule has 1 amide bonds. The van der Waals surface area contributed by atoms with E-state index in [0.717, 1.165) is 24.2 Å². The quantitative estimate of drug-likeness (QED) is 0.776. The van der Waals surface area contributed by atoms with E-state index in [1.807, 2.05) is 4.90 Å². The van der Waals surface area contributed by atoms with E-state index in [1.54, 1.807) is 12.1 Å². The minimum atomic E-state index is -4.39. The molecule has 4 rings (SSSR count). The molecule has 4 nitrogen and oxygen atoms in total. The minimum Gasteiger partial charge on any atom is -0.356 e. The summed E-state index contributed by atoms with van der Waals surface area (Å²) in [6, 6.07) is 8.74. The van der Waals surface area contributed by atoms with Gasteiger partial charge in [0, 0.05) is 31.2 Å². The van der Waals surface area contributed by atoms with Gasteiger partial charge in [-0.15, -0.1) is 0 Å². The van der Waals surface area contributed by atoms with Crippen LogP contribution >= 0.6 is 0 Å². The van der Waals surface area contributed by atoms with Crippen LogP contribution in [0.1, 0.15) is 36.3 Å². The molecule has 1 aliphatic carbocycles. The number of nitrogens with zero attached hydrogens (tertiary/aromatic N) is 2. The van der Waals surface area contributed by atoms with Crippen LogP contribution in [0, 0.1) is 11.7 Å². The molecule has 2 unspecified atom stereocenters. The van der Waals surface area contributed by atoms with Gasteiger partial charge >= 0.3 is 6.18 Å². The van der Waals surface area contributed by atoms with Crippen molar-refractivity contribution in [1.82, 2.24) is 10.3 Å². The van der Waals surface area contributed by atoms with Crippen molar-refractivity contribution in [3.63, 3.8) is 0 Å². The van der Waals surface area contributed by atoms with Crippen LogP contribution in [0.15, 0.2) is 42.6 Å². The van der Waals surface area contributed by atoms with Gasteiger partial charge < -0.3 is 10.2 Å². The van der Waals surface area contributed by atoms with Crippen LogP contribution < -0.4 is 10.2 Å². The van der Waals surface area contributed by atoms with Gasteiger partial charge in [-0.1, -0.05) is 12.1 Å². The van der Waals surface area contributed by atoms with Gasteiger partial charge in [-0.05, 0) is 55.0 Å². The van der Waals surface area contributed by atoms with Gasteiger partial charge in [0.1, 0.15) is 11.6 Å². The van der Waals surface area contributed by atoms with Crippen molar-refractivity contribution in [3.05, 3.63) is 59.5 Å². The number of amides is 1. The first-order valence-corrected chi connectivity index (χ1v) is 9.65. The van der Waals surface area contributed by atoms with Gasteiger partial charge in [0.15, 0.2) is 0 Å². The molecule has 2 heterocycles. The molecular weight excluding hydrogens is 386 g/mol. The van der Waals surface area contributed by atoms with Crippen LogP contribution in [0.25, 0.3) is 0 Å². The molecule has 154 valence electrons. The lowest BCUT2D eigenvalue weighted by molar-refractivity contribution is -0.137. The monoisotopic (exact) mass is 407 g/mol. The smallest absolute Gasteiger partial charge is 0.356 e. The van der Waals surface area contributed by atoms with Gasteiger partial charge in [0.2, 0.25) is 5.91 Å². The molecule has 0 radical (unpaired) electrons. The number of rotatable bonds is 4. The molecule has 29 heavy (non-hydrogen) atoms. The number of nitrogens with one attached hydrogen (secondary N) is 1. The number of hydrogen-bond donors (Lipinski definition) is 1. The second-order valence-electron chi connectivity index (χ2n) is 7.67. The number of carbonyl (C=O) groups excluding carboxylic acids is 1. The highest BCUT2D eigenvalue weighted by Crippen LogP contribution is 2.47. The maximum atomic E-state index is 13.0. The third-order valence-electron chi connectivity index (χ3n) is 5.67. The predicted octanol–water partition coefficient (Wildman–Crippen LogP) is 4.13. The Balaban J connectivity index is 1.26. The lowest BCUT2D eigenvalue weighted by Crippen LogP contribution is -2.45. The van der Waals surface area contributed by atoms with Crippen molar-refractivity contribution in [2.45, 2.75) is 37.4 Å². The van der Waals surface area contributed by atoms with Gasteiger partial charge in [0.25, 0.3) is 0 Å². The number of carbonyl (C=O) groups is 1. The molecular formula is C21H21F4N3O. The fourth-order valence-electron chi connectivity index (χ4n) is 3.87. The number of hydrogen-bond acceptors (Lipinski definition) is 3. The van der Waals surface area contributed by atoms with Crippen molar-refractivity contribution in [2.75, 3.05) is 18.0 Å². The summed E-state index contributed by atoms with van der Waals surface area (Å²) in [7, 11) is 0. The van der Waals surface area contributed by atoms with Crippen LogP contribution in [-0.2, 0) is 11.0 Å². The molecule has 0 spiro atoms. The number of alkyl halides is 3. The third kappa shape index (κ3) is 4.52. The maximum Gasteiger partial charge on any atom is 0.417 e. The summed E-state index contributed by atoms with van der Waals surface area (Å²) in [5, 5.41) is 3.08. The Morgan fingerprint density at radius 1 is 1.07 bits per heavy atom. The number of halogens is 4. The first-order valence-electron chi connectivity index (χ1n) is 9.65. The second-order valence-corrected chi connectivity index (χ2v) is 7.67. The van der Waals surface area contributed by atoms with E-state index in [1.165, 1.54) is 18.2 Å². The Bertz CT molecular complexity index is 859. The Labute approximate surface area is 165 Å². The molecule has 8 heteroatoms. The Hall–Kier alpha value is -2.64. The van der Waals surface area contributed by atoms with Gasteiger partial charge in [-0.25, -0.2) is 9.37 Å². The molecule has 0 bridgehead atoms. The number of anilines is 1. The van der Waals surface area contributed by atoms with Crippen molar-refractivity contribution in [2.24, 2.45) is 5.92 Å². The predicted molar refractivity (Wildman–Crippen MR) is 99.9 cm³/mol. The highest BCUT2D eigenvalue weighted by Gasteiger charge is 2.44. The van der Waals surface area contributed by atoms with Crippen LogP contribution in [0.4, 0.5) is 23.4 Å². The summed E-state index contributed by atoms with van der Waals surface area (Å²) in [5.41, 5.74) is 0.221. The maximum absolute atomic E-state index is 13.0. The summed E-state index contributed by atoms with van der Waals surface area (Å²) >= 11 is 0. The van der Waals surface area contributed by atoms with Crippen molar-refractivity contribution in [1.29, 1.82) is 0 Å². The lowest BCUT2D eigenvalue weighted by atomic mass is 10.0. The number of piperidine rings is 1. The van der Waals surface area contributed by atoms with Gasteiger partial charge in [-0.2, -0.15) is 13.2 Å². The Morgan fingerprint density at radius 2 is 1.76 bits per heavy atom. The summed E-state index contributed by atoms with van der Waals surface area (Å²) in [6.45, 7) is 1.24. The molecule has 1 saturated carbocycles. The van der Waals surface area contributed by atoms with E-state index in [0.29, 0.717) is 31.7 Å². The first kappa shape index (κ1) is 19.7. The van der Waals surface area contributed by atoms with Crippen molar-refractivity contribution in [3.8, 4) is 0 Å². The topological polar surface area (TPSA) is 45.2 Å². The average Bonchev–Trinajstić information content (AvgIpc) is 3.50. The SMILES string of the molecule is O=C(NC1CCN(c2ccc(C(F)(F)F)cn2)CC1)C1CC1c1ccc(F)cc1. The van der Waals surface area contributed by atoms with Crippen molar-refractivity contribution >= 4 is 11.7 Å². The standard InChI is InChI=1S/C21H21F4N3O/c22-15-4-1-13(2-5-15)17-11-18(17)20(29)27-16-7-9-28(10-8-16)19-6-3-14(12-26-19)21(23,24)25/h1-6,12,16-18H,7-11H2,(H,27,29). The van der Waals surface area contributed by atoms with Crippen LogP contribution in [0.5, 0.6) is 0 Å². The molecule has 2 aliphatic rings. The van der Waals surface area contributed by atoms with E-state index >= 15 is 0 Å². The molecule has 1 aromatic heterocycles. The highest BCUT2D eigenvalue weighted by atomic mass is 19.4. The molecule has 2 aromatic rings. The van der Waals surface area contributed by atoms with Crippen molar-refractivity contribution < 1.29 is 22.4 Å². The van der Waals surface area contributed by atoms with E-state index < -0.39 is 11.7 Å². The average molecular weight is 407 g/mol. The molecule has 1 aromatic carbocycles. The number of pyridine rings is 1. The van der Waals surface area contributed by atoms with Crippen LogP contribution in [0.3, 0.4) is 0 Å².